The molecule has 2 atom stereocenters. The van der Waals surface area contributed by atoms with E-state index in [1.165, 1.54) is 250 Å². The van der Waals surface area contributed by atoms with Crippen molar-refractivity contribution in [2.75, 3.05) is 39.5 Å². The standard InChI is InChI=1S/C35H71NO2.C21H42O2/c1-5-8-11-14-16-17-19-23-28-35(27-22-18-15-12-9-6-2)33-38-34(4)26-21-20-25-30-36(31-32-37)29-24-13-10-7-3;1-3-5-7-9-11-12-14-16-18-21(19-23-20-22)17-15-13-10-8-6-4-2/h35,37H,4-33H2,1-3H3;20-21H,3-19H2,1-2H3. The van der Waals surface area contributed by atoms with Crippen LogP contribution in [-0.4, -0.2) is 55.9 Å². The van der Waals surface area contributed by atoms with Gasteiger partial charge in [0.1, 0.15) is 0 Å². The summed E-state index contributed by atoms with van der Waals surface area (Å²) in [5, 5.41) is 9.37. The fourth-order valence-corrected chi connectivity index (χ4v) is 8.74. The second-order valence-corrected chi connectivity index (χ2v) is 19.1. The summed E-state index contributed by atoms with van der Waals surface area (Å²) < 4.78 is 11.3. The van der Waals surface area contributed by atoms with Crippen molar-refractivity contribution in [3.63, 3.8) is 0 Å². The third-order valence-electron chi connectivity index (χ3n) is 13.0. The first kappa shape index (κ1) is 62.0. The Kier molecular flexibility index (Phi) is 56.0. The molecule has 0 aliphatic carbocycles. The van der Waals surface area contributed by atoms with Crippen molar-refractivity contribution in [2.24, 2.45) is 11.8 Å². The lowest BCUT2D eigenvalue weighted by Gasteiger charge is -2.21. The molecule has 0 aromatic rings. The van der Waals surface area contributed by atoms with Crippen molar-refractivity contribution in [2.45, 2.75) is 291 Å². The average molecular weight is 865 g/mol. The van der Waals surface area contributed by atoms with Gasteiger partial charge in [-0.05, 0) is 69.9 Å². The summed E-state index contributed by atoms with van der Waals surface area (Å²) in [6.45, 7) is 21.1. The van der Waals surface area contributed by atoms with Gasteiger partial charge < -0.3 is 19.5 Å². The Labute approximate surface area is 384 Å². The number of allylic oxidation sites excluding steroid dienone is 1. The second-order valence-electron chi connectivity index (χ2n) is 19.1. The summed E-state index contributed by atoms with van der Waals surface area (Å²) in [5.41, 5.74) is 0. The van der Waals surface area contributed by atoms with Crippen LogP contribution in [0.5, 0.6) is 0 Å². The second kappa shape index (κ2) is 55.1. The van der Waals surface area contributed by atoms with Crippen molar-refractivity contribution in [1.29, 1.82) is 0 Å². The molecule has 0 aliphatic rings. The molecule has 0 saturated carbocycles. The molecule has 366 valence electrons. The van der Waals surface area contributed by atoms with Crippen molar-refractivity contribution < 1.29 is 19.4 Å². The lowest BCUT2D eigenvalue weighted by molar-refractivity contribution is -0.130. The highest BCUT2D eigenvalue weighted by Gasteiger charge is 2.12. The van der Waals surface area contributed by atoms with Gasteiger partial charge >= 0.3 is 0 Å². The smallest absolute Gasteiger partial charge is 0.293 e. The van der Waals surface area contributed by atoms with Gasteiger partial charge in [-0.25, -0.2) is 0 Å². The van der Waals surface area contributed by atoms with Crippen LogP contribution < -0.4 is 0 Å². The lowest BCUT2D eigenvalue weighted by Crippen LogP contribution is -2.29. The Hall–Kier alpha value is -1.07. The molecular formula is C56H113NO4. The van der Waals surface area contributed by atoms with Crippen molar-refractivity contribution in [3.05, 3.63) is 12.3 Å². The number of nitrogens with zero attached hydrogens (tertiary/aromatic N) is 1. The molecule has 0 saturated heterocycles. The van der Waals surface area contributed by atoms with Gasteiger partial charge in [-0.3, -0.25) is 4.79 Å². The highest BCUT2D eigenvalue weighted by molar-refractivity contribution is 5.36. The van der Waals surface area contributed by atoms with Crippen LogP contribution >= 0.6 is 0 Å². The van der Waals surface area contributed by atoms with Crippen LogP contribution in [0.15, 0.2) is 12.3 Å². The first-order valence-electron chi connectivity index (χ1n) is 27.7. The fourth-order valence-electron chi connectivity index (χ4n) is 8.74. The molecule has 0 amide bonds. The Bertz CT molecular complexity index is 820. The minimum absolute atomic E-state index is 0.275. The van der Waals surface area contributed by atoms with E-state index in [2.05, 4.69) is 46.1 Å². The van der Waals surface area contributed by atoms with E-state index in [0.717, 1.165) is 38.4 Å². The monoisotopic (exact) mass is 864 g/mol. The zero-order valence-electron chi connectivity index (χ0n) is 42.6. The maximum Gasteiger partial charge on any atom is 0.293 e. The van der Waals surface area contributed by atoms with Gasteiger partial charge in [0.2, 0.25) is 0 Å². The van der Waals surface area contributed by atoms with Gasteiger partial charge in [-0.1, -0.05) is 247 Å². The minimum Gasteiger partial charge on any atom is -0.498 e. The predicted molar refractivity (Wildman–Crippen MR) is 271 cm³/mol. The highest BCUT2D eigenvalue weighted by atomic mass is 16.5. The molecule has 0 radical (unpaired) electrons. The van der Waals surface area contributed by atoms with Gasteiger partial charge in [0.15, 0.2) is 0 Å². The summed E-state index contributed by atoms with van der Waals surface area (Å²) in [5.74, 6) is 2.30. The van der Waals surface area contributed by atoms with Crippen molar-refractivity contribution in [3.8, 4) is 0 Å². The molecule has 61 heavy (non-hydrogen) atoms. The fraction of sp³-hybridized carbons (Fsp3) is 0.946. The molecule has 0 spiro atoms. The minimum atomic E-state index is 0.275. The molecule has 0 aromatic heterocycles. The lowest BCUT2D eigenvalue weighted by atomic mass is 9.94. The average Bonchev–Trinajstić information content (AvgIpc) is 3.27. The molecule has 0 aliphatic heterocycles. The molecule has 0 fully saturated rings. The molecule has 0 bridgehead atoms. The summed E-state index contributed by atoms with van der Waals surface area (Å²) in [6, 6.07) is 0. The molecule has 1 N–H and O–H groups in total. The molecule has 0 aromatic carbocycles. The van der Waals surface area contributed by atoms with E-state index in [1.54, 1.807) is 0 Å². The molecular weight excluding hydrogens is 751 g/mol. The van der Waals surface area contributed by atoms with Gasteiger partial charge in [-0.15, -0.1) is 0 Å². The van der Waals surface area contributed by atoms with E-state index in [-0.39, 0.29) is 6.61 Å². The molecule has 5 nitrogen and oxygen atoms in total. The Balaban J connectivity index is 0. The van der Waals surface area contributed by atoms with E-state index < -0.39 is 0 Å². The number of unbranched alkanes of at least 4 members (excludes halogenated alkanes) is 29. The third-order valence-corrected chi connectivity index (χ3v) is 13.0. The van der Waals surface area contributed by atoms with Crippen LogP contribution in [0.2, 0.25) is 0 Å². The Morgan fingerprint density at radius 3 is 1.10 bits per heavy atom. The number of rotatable bonds is 51. The molecule has 5 heteroatoms. The van der Waals surface area contributed by atoms with E-state index in [9.17, 15) is 9.90 Å². The number of carbonyl (C=O) groups is 1. The maximum absolute atomic E-state index is 10.4. The highest BCUT2D eigenvalue weighted by Crippen LogP contribution is 2.23. The third kappa shape index (κ3) is 51.4. The van der Waals surface area contributed by atoms with Gasteiger partial charge in [-0.2, -0.15) is 0 Å². The number of aliphatic hydroxyl groups excluding tert-OH is 1. The summed E-state index contributed by atoms with van der Waals surface area (Å²) in [6.07, 6.45) is 53.4. The van der Waals surface area contributed by atoms with Crippen molar-refractivity contribution >= 4 is 6.47 Å². The van der Waals surface area contributed by atoms with E-state index in [0.29, 0.717) is 24.9 Å². The predicted octanol–water partition coefficient (Wildman–Crippen LogP) is 17.9. The SMILES string of the molecule is C=C(CCCCCN(CCO)CCCCCC)OCC(CCCCCCCC)CCCCCCCCCC.CCCCCCCCCCC(CCCCCCCC)COC=O. The van der Waals surface area contributed by atoms with E-state index in [1.807, 2.05) is 0 Å². The van der Waals surface area contributed by atoms with Crippen LogP contribution in [0.4, 0.5) is 0 Å². The topological polar surface area (TPSA) is 59.0 Å². The number of aliphatic hydroxyl groups is 1. The van der Waals surface area contributed by atoms with E-state index in [4.69, 9.17) is 9.47 Å². The maximum atomic E-state index is 10.4. The first-order chi connectivity index (χ1) is 30.0. The van der Waals surface area contributed by atoms with Gasteiger partial charge in [0, 0.05) is 13.0 Å². The zero-order valence-corrected chi connectivity index (χ0v) is 42.6. The summed E-state index contributed by atoms with van der Waals surface area (Å²) in [7, 11) is 0. The summed E-state index contributed by atoms with van der Waals surface area (Å²) in [4.78, 5) is 12.9. The molecule has 0 heterocycles. The van der Waals surface area contributed by atoms with Crippen LogP contribution in [0.25, 0.3) is 0 Å². The number of hydrogen-bond donors (Lipinski definition) is 1. The quantitative estimate of drug-likeness (QED) is 0.0375. The van der Waals surface area contributed by atoms with Crippen LogP contribution in [0.3, 0.4) is 0 Å². The molecule has 2 unspecified atom stereocenters. The molecule has 0 rings (SSSR count). The van der Waals surface area contributed by atoms with Crippen LogP contribution in [0, 0.1) is 11.8 Å². The zero-order chi connectivity index (χ0) is 45.0. The first-order valence-corrected chi connectivity index (χ1v) is 27.7. The Morgan fingerprint density at radius 2 is 0.754 bits per heavy atom. The van der Waals surface area contributed by atoms with Crippen LogP contribution in [0.1, 0.15) is 291 Å². The van der Waals surface area contributed by atoms with Crippen molar-refractivity contribution in [1.82, 2.24) is 4.90 Å². The number of hydrogen-bond acceptors (Lipinski definition) is 5. The largest absolute Gasteiger partial charge is 0.498 e. The summed E-state index contributed by atoms with van der Waals surface area (Å²) >= 11 is 0. The van der Waals surface area contributed by atoms with Gasteiger partial charge in [0.05, 0.1) is 25.6 Å². The van der Waals surface area contributed by atoms with Crippen LogP contribution in [-0.2, 0) is 14.3 Å². The van der Waals surface area contributed by atoms with Gasteiger partial charge in [0.25, 0.3) is 6.47 Å². The normalized spacial score (nSPS) is 12.3. The Morgan fingerprint density at radius 1 is 0.443 bits per heavy atom. The van der Waals surface area contributed by atoms with E-state index >= 15 is 0 Å². The number of carbonyl (C=O) groups excluding carboxylic acids is 1. The number of ether oxygens (including phenoxy) is 2.